The molecule has 0 aliphatic carbocycles. The molecule has 1 aromatic heterocycles. The molecule has 1 heterocycles. The molecule has 0 saturated carbocycles. The number of nitrogens with two attached hydrogens (primary N) is 1. The van der Waals surface area contributed by atoms with Crippen LogP contribution in [0.4, 0.5) is 11.5 Å². The Balaban J connectivity index is 2.21. The summed E-state index contributed by atoms with van der Waals surface area (Å²) in [5.41, 5.74) is 6.98. The Hall–Kier alpha value is -1.72. The fraction of sp³-hybridized carbons (Fsp3) is 0.167. The molecule has 0 fully saturated rings. The number of ether oxygens (including phenoxy) is 1. The Morgan fingerprint density at radius 1 is 1.37 bits per heavy atom. The van der Waals surface area contributed by atoms with Crippen LogP contribution in [-0.4, -0.2) is 17.1 Å². The summed E-state index contributed by atoms with van der Waals surface area (Å²) >= 11 is 11.9. The third kappa shape index (κ3) is 3.19. The predicted octanol–water partition coefficient (Wildman–Crippen LogP) is 2.99. The number of rotatable bonds is 4. The Labute approximate surface area is 120 Å². The van der Waals surface area contributed by atoms with Gasteiger partial charge in [0.05, 0.1) is 19.0 Å². The first-order valence-corrected chi connectivity index (χ1v) is 6.20. The van der Waals surface area contributed by atoms with Gasteiger partial charge in [0.25, 0.3) is 0 Å². The van der Waals surface area contributed by atoms with E-state index in [0.717, 1.165) is 5.56 Å². The lowest BCUT2D eigenvalue weighted by Crippen LogP contribution is -2.07. The smallest absolute Gasteiger partial charge is 0.224 e. The summed E-state index contributed by atoms with van der Waals surface area (Å²) in [7, 11) is 1.59. The van der Waals surface area contributed by atoms with Gasteiger partial charge in [-0.15, -0.1) is 0 Å². The second kappa shape index (κ2) is 5.95. The van der Waals surface area contributed by atoms with Gasteiger partial charge in [-0.2, -0.15) is 4.98 Å². The maximum atomic E-state index is 6.14. The quantitative estimate of drug-likeness (QED) is 0.849. The van der Waals surface area contributed by atoms with E-state index >= 15 is 0 Å². The summed E-state index contributed by atoms with van der Waals surface area (Å²) in [4.78, 5) is 7.79. The summed E-state index contributed by atoms with van der Waals surface area (Å²) in [5.74, 6) is 1.15. The molecule has 2 aromatic rings. The predicted molar refractivity (Wildman–Crippen MR) is 76.8 cm³/mol. The van der Waals surface area contributed by atoms with E-state index in [0.29, 0.717) is 28.8 Å². The van der Waals surface area contributed by atoms with E-state index in [1.54, 1.807) is 13.2 Å². The first kappa shape index (κ1) is 13.7. The van der Waals surface area contributed by atoms with Crippen molar-refractivity contribution >= 4 is 34.7 Å². The van der Waals surface area contributed by atoms with Gasteiger partial charge in [-0.05, 0) is 23.7 Å². The van der Waals surface area contributed by atoms with Crippen molar-refractivity contribution in [2.75, 3.05) is 18.2 Å². The zero-order valence-electron chi connectivity index (χ0n) is 10.2. The lowest BCUT2D eigenvalue weighted by atomic mass is 10.2. The minimum absolute atomic E-state index is 0.128. The molecule has 3 N–H and O–H groups in total. The second-order valence-electron chi connectivity index (χ2n) is 3.72. The first-order chi connectivity index (χ1) is 9.11. The Kier molecular flexibility index (Phi) is 4.29. The Morgan fingerprint density at radius 2 is 2.16 bits per heavy atom. The molecular weight excluding hydrogens is 287 g/mol. The topological polar surface area (TPSA) is 73.1 Å². The number of anilines is 2. The van der Waals surface area contributed by atoms with E-state index in [2.05, 4.69) is 15.3 Å². The number of methoxy groups -OCH3 is 1. The number of nitrogens with one attached hydrogen (secondary N) is 1. The number of nitrogens with zero attached hydrogens (tertiary/aromatic N) is 2. The average molecular weight is 299 g/mol. The standard InChI is InChI=1S/C12H12Cl2N4O/c1-19-10-4-2-3-8(13)7(10)5-16-11-9(15)6-17-12(14)18-11/h2-4,6H,5,15H2,1H3,(H,16,17,18). The van der Waals surface area contributed by atoms with Crippen LogP contribution < -0.4 is 15.8 Å². The molecule has 1 aromatic carbocycles. The summed E-state index contributed by atoms with van der Waals surface area (Å²) in [6.07, 6.45) is 1.45. The van der Waals surface area contributed by atoms with Crippen molar-refractivity contribution in [3.63, 3.8) is 0 Å². The molecular formula is C12H12Cl2N4O. The van der Waals surface area contributed by atoms with Crippen molar-refractivity contribution in [2.24, 2.45) is 0 Å². The Morgan fingerprint density at radius 3 is 2.89 bits per heavy atom. The number of nitrogen functional groups attached to an aromatic ring is 1. The summed E-state index contributed by atoms with van der Waals surface area (Å²) < 4.78 is 5.25. The summed E-state index contributed by atoms with van der Waals surface area (Å²) in [6.45, 7) is 0.417. The highest BCUT2D eigenvalue weighted by molar-refractivity contribution is 6.31. The van der Waals surface area contributed by atoms with Gasteiger partial charge in [0.15, 0.2) is 5.82 Å². The number of hydrogen-bond acceptors (Lipinski definition) is 5. The SMILES string of the molecule is COc1cccc(Cl)c1CNc1nc(Cl)ncc1N. The van der Waals surface area contributed by atoms with Crippen molar-refractivity contribution in [1.82, 2.24) is 9.97 Å². The summed E-state index contributed by atoms with van der Waals surface area (Å²) in [6, 6.07) is 5.44. The van der Waals surface area contributed by atoms with Crippen molar-refractivity contribution in [2.45, 2.75) is 6.54 Å². The molecule has 0 saturated heterocycles. The molecule has 7 heteroatoms. The molecule has 0 aliphatic rings. The van der Waals surface area contributed by atoms with Gasteiger partial charge in [0.1, 0.15) is 5.75 Å². The molecule has 0 amide bonds. The maximum absolute atomic E-state index is 6.14. The van der Waals surface area contributed by atoms with Crippen LogP contribution in [0.3, 0.4) is 0 Å². The molecule has 0 atom stereocenters. The monoisotopic (exact) mass is 298 g/mol. The molecule has 0 spiro atoms. The zero-order chi connectivity index (χ0) is 13.8. The second-order valence-corrected chi connectivity index (χ2v) is 4.46. The van der Waals surface area contributed by atoms with Gasteiger partial charge in [-0.25, -0.2) is 4.98 Å². The number of hydrogen-bond donors (Lipinski definition) is 2. The molecule has 0 aliphatic heterocycles. The molecule has 0 radical (unpaired) electrons. The fourth-order valence-corrected chi connectivity index (χ4v) is 1.95. The third-order valence-corrected chi connectivity index (χ3v) is 3.05. The van der Waals surface area contributed by atoms with Crippen molar-refractivity contribution in [3.05, 3.63) is 40.3 Å². The zero-order valence-corrected chi connectivity index (χ0v) is 11.7. The molecule has 100 valence electrons. The van der Waals surface area contributed by atoms with E-state index in [-0.39, 0.29) is 5.28 Å². The minimum Gasteiger partial charge on any atom is -0.496 e. The van der Waals surface area contributed by atoms with Gasteiger partial charge in [0, 0.05) is 17.1 Å². The van der Waals surface area contributed by atoms with Crippen molar-refractivity contribution in [3.8, 4) is 5.75 Å². The molecule has 19 heavy (non-hydrogen) atoms. The fourth-order valence-electron chi connectivity index (χ4n) is 1.58. The van der Waals surface area contributed by atoms with Crippen LogP contribution in [-0.2, 0) is 6.54 Å². The van der Waals surface area contributed by atoms with Crippen LogP contribution in [0.1, 0.15) is 5.56 Å². The third-order valence-electron chi connectivity index (χ3n) is 2.52. The average Bonchev–Trinajstić information content (AvgIpc) is 2.40. The lowest BCUT2D eigenvalue weighted by Gasteiger charge is -2.12. The molecule has 2 rings (SSSR count). The maximum Gasteiger partial charge on any atom is 0.224 e. The van der Waals surface area contributed by atoms with E-state index in [4.69, 9.17) is 33.7 Å². The highest BCUT2D eigenvalue weighted by Gasteiger charge is 2.09. The molecule has 0 unspecified atom stereocenters. The van der Waals surface area contributed by atoms with Crippen LogP contribution in [0.5, 0.6) is 5.75 Å². The molecule has 0 bridgehead atoms. The van der Waals surface area contributed by atoms with Crippen LogP contribution in [0, 0.1) is 0 Å². The van der Waals surface area contributed by atoms with Gasteiger partial charge < -0.3 is 15.8 Å². The van der Waals surface area contributed by atoms with Gasteiger partial charge in [-0.3, -0.25) is 0 Å². The van der Waals surface area contributed by atoms with E-state index < -0.39 is 0 Å². The summed E-state index contributed by atoms with van der Waals surface area (Å²) in [5, 5.41) is 3.79. The highest BCUT2D eigenvalue weighted by atomic mass is 35.5. The first-order valence-electron chi connectivity index (χ1n) is 5.45. The van der Waals surface area contributed by atoms with Crippen molar-refractivity contribution in [1.29, 1.82) is 0 Å². The van der Waals surface area contributed by atoms with Gasteiger partial charge in [0.2, 0.25) is 5.28 Å². The largest absolute Gasteiger partial charge is 0.496 e. The van der Waals surface area contributed by atoms with Crippen molar-refractivity contribution < 1.29 is 4.74 Å². The van der Waals surface area contributed by atoms with E-state index in [1.165, 1.54) is 6.20 Å². The number of aromatic nitrogens is 2. The van der Waals surface area contributed by atoms with Crippen LogP contribution in [0.25, 0.3) is 0 Å². The lowest BCUT2D eigenvalue weighted by molar-refractivity contribution is 0.410. The normalized spacial score (nSPS) is 10.3. The van der Waals surface area contributed by atoms with Crippen LogP contribution >= 0.6 is 23.2 Å². The van der Waals surface area contributed by atoms with E-state index in [9.17, 15) is 0 Å². The number of benzene rings is 1. The van der Waals surface area contributed by atoms with Gasteiger partial charge in [-0.1, -0.05) is 17.7 Å². The minimum atomic E-state index is 0.128. The molecule has 5 nitrogen and oxygen atoms in total. The highest BCUT2D eigenvalue weighted by Crippen LogP contribution is 2.27. The van der Waals surface area contributed by atoms with Gasteiger partial charge >= 0.3 is 0 Å². The van der Waals surface area contributed by atoms with Crippen LogP contribution in [0.15, 0.2) is 24.4 Å². The van der Waals surface area contributed by atoms with E-state index in [1.807, 2.05) is 12.1 Å². The Bertz CT molecular complexity index is 592. The van der Waals surface area contributed by atoms with Crippen LogP contribution in [0.2, 0.25) is 10.3 Å². The number of halogens is 2.